The minimum atomic E-state index is -0.559. The Labute approximate surface area is 190 Å². The summed E-state index contributed by atoms with van der Waals surface area (Å²) in [4.78, 5) is 38.0. The van der Waals surface area contributed by atoms with Gasteiger partial charge >= 0.3 is 5.97 Å². The first kappa shape index (κ1) is 23.7. The maximum absolute atomic E-state index is 13.4. The van der Waals surface area contributed by atoms with Gasteiger partial charge in [-0.2, -0.15) is 0 Å². The van der Waals surface area contributed by atoms with Crippen molar-refractivity contribution in [2.45, 2.75) is 19.2 Å². The molecule has 2 aromatic carbocycles. The average molecular weight is 461 g/mol. The van der Waals surface area contributed by atoms with Gasteiger partial charge in [0.1, 0.15) is 17.8 Å². The molecule has 9 heteroatoms. The van der Waals surface area contributed by atoms with Gasteiger partial charge in [0.25, 0.3) is 0 Å². The fraction of sp³-hybridized carbons (Fsp3) is 0.348. The lowest BCUT2D eigenvalue weighted by atomic mass is 10.1. The van der Waals surface area contributed by atoms with E-state index in [2.05, 4.69) is 5.32 Å². The molecule has 170 valence electrons. The Morgan fingerprint density at radius 2 is 1.91 bits per heavy atom. The molecule has 0 aromatic heterocycles. The van der Waals surface area contributed by atoms with Crippen molar-refractivity contribution in [1.82, 2.24) is 5.32 Å². The number of benzene rings is 2. The van der Waals surface area contributed by atoms with Gasteiger partial charge in [0.05, 0.1) is 30.2 Å². The Morgan fingerprint density at radius 3 is 2.62 bits per heavy atom. The van der Waals surface area contributed by atoms with E-state index in [0.717, 1.165) is 11.1 Å². The maximum Gasteiger partial charge on any atom is 0.340 e. The molecular formula is C23H25FN2O5S. The second-order valence-corrected chi connectivity index (χ2v) is 8.25. The van der Waals surface area contributed by atoms with E-state index in [1.54, 1.807) is 29.2 Å². The molecule has 1 aliphatic heterocycles. The Hall–Kier alpha value is -2.91. The predicted octanol–water partition coefficient (Wildman–Crippen LogP) is 3.22. The van der Waals surface area contributed by atoms with E-state index in [1.807, 2.05) is 13.0 Å². The fourth-order valence-electron chi connectivity index (χ4n) is 3.36. The SMILES string of the molecule is CC(=O)NCCOCCOC(=O)c1cccc(C)c1N1C(=O)CSC1c1ccc(F)cc1. The first-order chi connectivity index (χ1) is 15.4. The average Bonchev–Trinajstić information content (AvgIpc) is 3.14. The van der Waals surface area contributed by atoms with Gasteiger partial charge in [-0.3, -0.25) is 14.5 Å². The van der Waals surface area contributed by atoms with E-state index in [9.17, 15) is 18.8 Å². The van der Waals surface area contributed by atoms with Gasteiger partial charge in [0.2, 0.25) is 11.8 Å². The summed E-state index contributed by atoms with van der Waals surface area (Å²) in [6.45, 7) is 4.16. The summed E-state index contributed by atoms with van der Waals surface area (Å²) in [7, 11) is 0. The molecule has 7 nitrogen and oxygen atoms in total. The normalized spacial score (nSPS) is 15.7. The zero-order valence-electron chi connectivity index (χ0n) is 17.9. The monoisotopic (exact) mass is 460 g/mol. The third-order valence-corrected chi connectivity index (χ3v) is 6.02. The number of amides is 2. The number of nitrogens with one attached hydrogen (secondary N) is 1. The number of thioether (sulfide) groups is 1. The largest absolute Gasteiger partial charge is 0.460 e. The van der Waals surface area contributed by atoms with Crippen LogP contribution in [-0.2, 0) is 19.1 Å². The van der Waals surface area contributed by atoms with Crippen molar-refractivity contribution in [2.24, 2.45) is 0 Å². The molecule has 1 heterocycles. The van der Waals surface area contributed by atoms with Crippen LogP contribution in [0.25, 0.3) is 0 Å². The standard InChI is InChI=1S/C23H25FN2O5S/c1-15-4-3-5-19(23(29)31-13-12-30-11-10-25-16(2)27)21(15)26-20(28)14-32-22(26)17-6-8-18(24)9-7-17/h3-9,22H,10-14H2,1-2H3,(H,25,27). The highest BCUT2D eigenvalue weighted by Gasteiger charge is 2.37. The Morgan fingerprint density at radius 1 is 1.16 bits per heavy atom. The number of carbonyl (C=O) groups is 3. The molecule has 2 aromatic rings. The lowest BCUT2D eigenvalue weighted by Gasteiger charge is -2.27. The summed E-state index contributed by atoms with van der Waals surface area (Å²) >= 11 is 1.42. The quantitative estimate of drug-likeness (QED) is 0.457. The lowest BCUT2D eigenvalue weighted by molar-refractivity contribution is -0.119. The third kappa shape index (κ3) is 5.86. The van der Waals surface area contributed by atoms with Crippen molar-refractivity contribution in [3.05, 3.63) is 65.0 Å². The number of esters is 1. The number of nitrogens with zero attached hydrogens (tertiary/aromatic N) is 1. The first-order valence-corrected chi connectivity index (χ1v) is 11.2. The van der Waals surface area contributed by atoms with E-state index in [1.165, 1.54) is 30.8 Å². The van der Waals surface area contributed by atoms with E-state index in [0.29, 0.717) is 18.8 Å². The number of anilines is 1. The molecule has 0 spiro atoms. The summed E-state index contributed by atoms with van der Waals surface area (Å²) in [5.74, 6) is -0.923. The molecule has 0 radical (unpaired) electrons. The molecule has 1 atom stereocenters. The second kappa shape index (κ2) is 11.1. The molecule has 1 unspecified atom stereocenters. The first-order valence-electron chi connectivity index (χ1n) is 10.2. The number of hydrogen-bond acceptors (Lipinski definition) is 6. The van der Waals surface area contributed by atoms with Crippen molar-refractivity contribution >= 4 is 35.2 Å². The third-order valence-electron chi connectivity index (χ3n) is 4.80. The van der Waals surface area contributed by atoms with E-state index < -0.39 is 5.97 Å². The molecular weight excluding hydrogens is 435 g/mol. The second-order valence-electron chi connectivity index (χ2n) is 7.18. The van der Waals surface area contributed by atoms with Crippen LogP contribution in [-0.4, -0.2) is 49.9 Å². The minimum Gasteiger partial charge on any atom is -0.460 e. The predicted molar refractivity (Wildman–Crippen MR) is 120 cm³/mol. The molecule has 3 rings (SSSR count). The number of ether oxygens (including phenoxy) is 2. The van der Waals surface area contributed by atoms with Gasteiger partial charge in [-0.25, -0.2) is 9.18 Å². The highest BCUT2D eigenvalue weighted by molar-refractivity contribution is 8.00. The molecule has 1 N–H and O–H groups in total. The van der Waals surface area contributed by atoms with Gasteiger partial charge in [-0.1, -0.05) is 24.3 Å². The van der Waals surface area contributed by atoms with Crippen LogP contribution in [0.4, 0.5) is 10.1 Å². The van der Waals surface area contributed by atoms with Crippen molar-refractivity contribution in [3.63, 3.8) is 0 Å². The fourth-order valence-corrected chi connectivity index (χ4v) is 4.52. The summed E-state index contributed by atoms with van der Waals surface area (Å²) < 4.78 is 24.1. The van der Waals surface area contributed by atoms with Crippen molar-refractivity contribution in [1.29, 1.82) is 0 Å². The van der Waals surface area contributed by atoms with Crippen LogP contribution in [0.15, 0.2) is 42.5 Å². The number of rotatable bonds is 9. The van der Waals surface area contributed by atoms with Crippen LogP contribution in [0.3, 0.4) is 0 Å². The molecule has 32 heavy (non-hydrogen) atoms. The van der Waals surface area contributed by atoms with Crippen LogP contribution < -0.4 is 10.2 Å². The number of carbonyl (C=O) groups excluding carboxylic acids is 3. The Kier molecular flexibility index (Phi) is 8.24. The van der Waals surface area contributed by atoms with Gasteiger partial charge in [0.15, 0.2) is 0 Å². The van der Waals surface area contributed by atoms with E-state index in [-0.39, 0.29) is 47.5 Å². The summed E-state index contributed by atoms with van der Waals surface area (Å²) in [5, 5.41) is 2.24. The van der Waals surface area contributed by atoms with Crippen molar-refractivity contribution < 1.29 is 28.2 Å². The highest BCUT2D eigenvalue weighted by Crippen LogP contribution is 2.44. The topological polar surface area (TPSA) is 84.9 Å². The van der Waals surface area contributed by atoms with Crippen molar-refractivity contribution in [3.8, 4) is 0 Å². The van der Waals surface area contributed by atoms with Crippen LogP contribution in [0.2, 0.25) is 0 Å². The van der Waals surface area contributed by atoms with Gasteiger partial charge in [-0.05, 0) is 36.2 Å². The molecule has 0 saturated carbocycles. The number of hydrogen-bond donors (Lipinski definition) is 1. The van der Waals surface area contributed by atoms with Crippen molar-refractivity contribution in [2.75, 3.05) is 37.0 Å². The van der Waals surface area contributed by atoms with Gasteiger partial charge in [0, 0.05) is 13.5 Å². The number of para-hydroxylation sites is 1. The van der Waals surface area contributed by atoms with Crippen LogP contribution in [0.5, 0.6) is 0 Å². The lowest BCUT2D eigenvalue weighted by Crippen LogP contribution is -2.30. The Balaban J connectivity index is 1.72. The molecule has 0 bridgehead atoms. The summed E-state index contributed by atoms with van der Waals surface area (Å²) in [6.07, 6.45) is 0. The van der Waals surface area contributed by atoms with Crippen LogP contribution >= 0.6 is 11.8 Å². The van der Waals surface area contributed by atoms with Gasteiger partial charge in [-0.15, -0.1) is 11.8 Å². The molecule has 2 amide bonds. The molecule has 1 fully saturated rings. The molecule has 1 saturated heterocycles. The van der Waals surface area contributed by atoms with Crippen LogP contribution in [0.1, 0.15) is 33.8 Å². The number of aryl methyl sites for hydroxylation is 1. The van der Waals surface area contributed by atoms with Gasteiger partial charge < -0.3 is 14.8 Å². The minimum absolute atomic E-state index is 0.0381. The summed E-state index contributed by atoms with van der Waals surface area (Å²) in [6, 6.07) is 11.2. The number of halogens is 1. The zero-order valence-corrected chi connectivity index (χ0v) is 18.7. The Bertz CT molecular complexity index is 983. The summed E-state index contributed by atoms with van der Waals surface area (Å²) in [5.41, 5.74) is 2.31. The van der Waals surface area contributed by atoms with Crippen LogP contribution in [0, 0.1) is 12.7 Å². The molecule has 0 aliphatic carbocycles. The van der Waals surface area contributed by atoms with E-state index >= 15 is 0 Å². The smallest absolute Gasteiger partial charge is 0.340 e. The highest BCUT2D eigenvalue weighted by atomic mass is 32.2. The van der Waals surface area contributed by atoms with E-state index in [4.69, 9.17) is 9.47 Å². The zero-order chi connectivity index (χ0) is 23.1. The molecule has 1 aliphatic rings. The maximum atomic E-state index is 13.4.